The summed E-state index contributed by atoms with van der Waals surface area (Å²) in [6, 6.07) is 36.8. The first kappa shape index (κ1) is 81.1. The lowest BCUT2D eigenvalue weighted by Gasteiger charge is -2.36. The number of anilines is 8. The minimum Gasteiger partial charge on any atom is -0.494 e. The summed E-state index contributed by atoms with van der Waals surface area (Å²) in [6.07, 6.45) is 14.1. The number of imidazole rings is 3. The number of urea groups is 3. The van der Waals surface area contributed by atoms with Crippen molar-refractivity contribution in [3.63, 3.8) is 0 Å². The van der Waals surface area contributed by atoms with Gasteiger partial charge in [-0.15, -0.1) is 0 Å². The third kappa shape index (κ3) is 19.7. The molecule has 0 spiro atoms. The van der Waals surface area contributed by atoms with E-state index in [1.54, 1.807) is 173 Å². The van der Waals surface area contributed by atoms with E-state index < -0.39 is 73.1 Å². The Morgan fingerprint density at radius 3 is 1.49 bits per heavy atom. The number of ether oxygens (including phenoxy) is 4. The number of nitrogens with one attached hydrogen (secondary N) is 6. The summed E-state index contributed by atoms with van der Waals surface area (Å²) in [5, 5.41) is 37.3. The molecule has 6 amide bonds. The molecule has 37 heteroatoms. The van der Waals surface area contributed by atoms with E-state index in [9.17, 15) is 41.0 Å². The van der Waals surface area contributed by atoms with Gasteiger partial charge in [-0.1, -0.05) is 48.0 Å². The van der Waals surface area contributed by atoms with Gasteiger partial charge in [0.15, 0.2) is 29.5 Å². The first-order chi connectivity index (χ1) is 58.0. The molecule has 0 atom stereocenters. The van der Waals surface area contributed by atoms with Crippen molar-refractivity contribution in [1.29, 1.82) is 0 Å². The summed E-state index contributed by atoms with van der Waals surface area (Å²) in [5.41, 5.74) is 5.61. The number of hydrogen-bond acceptors (Lipinski definition) is 20. The highest BCUT2D eigenvalue weighted by Crippen LogP contribution is 2.43. The fourth-order valence-corrected chi connectivity index (χ4v) is 12.5. The monoisotopic (exact) mass is 1650 g/mol. The van der Waals surface area contributed by atoms with Crippen molar-refractivity contribution < 1.29 is 74.7 Å². The van der Waals surface area contributed by atoms with Gasteiger partial charge in [0.05, 0.1) is 47.6 Å². The van der Waals surface area contributed by atoms with Crippen LogP contribution < -0.4 is 60.9 Å². The van der Waals surface area contributed by atoms with Crippen molar-refractivity contribution >= 4 is 98.4 Å². The normalized spacial score (nSPS) is 11.3. The Morgan fingerprint density at radius 2 is 0.975 bits per heavy atom. The molecule has 0 aliphatic rings. The highest BCUT2D eigenvalue weighted by Gasteiger charge is 2.39. The second-order valence-electron chi connectivity index (χ2n) is 26.1. The molecule has 0 bridgehead atoms. The van der Waals surface area contributed by atoms with E-state index in [2.05, 4.69) is 61.8 Å². The molecule has 30 nitrogen and oxygen atoms in total. The van der Waals surface area contributed by atoms with Gasteiger partial charge in [0.25, 0.3) is 5.88 Å². The van der Waals surface area contributed by atoms with Gasteiger partial charge in [-0.2, -0.15) is 36.4 Å². The van der Waals surface area contributed by atoms with E-state index in [4.69, 9.17) is 50.6 Å². The zero-order chi connectivity index (χ0) is 84.0. The number of benzene rings is 6. The molecule has 8 N–H and O–H groups in total. The average Bonchev–Trinajstić information content (AvgIpc) is 0.916. The molecule has 608 valence electrons. The maximum absolute atomic E-state index is 15.4. The number of halogens is 7. The Balaban J connectivity index is 0.000000236. The summed E-state index contributed by atoms with van der Waals surface area (Å²) in [5.74, 6) is -0.691. The first-order valence-electron chi connectivity index (χ1n) is 36.2. The topological polar surface area (TPSA) is 354 Å². The number of carboxylic acids is 1. The number of aryl methyl sites for hydroxylation is 1. The van der Waals surface area contributed by atoms with Gasteiger partial charge >= 0.3 is 36.4 Å². The van der Waals surface area contributed by atoms with Crippen molar-refractivity contribution in [3.8, 4) is 56.9 Å². The molecule has 9 heterocycles. The van der Waals surface area contributed by atoms with Crippen LogP contribution in [0.3, 0.4) is 0 Å². The van der Waals surface area contributed by atoms with E-state index >= 15 is 9.59 Å². The maximum atomic E-state index is 15.4. The lowest BCUT2D eigenvalue weighted by atomic mass is 10.1. The second-order valence-corrected chi connectivity index (χ2v) is 26.6. The lowest BCUT2D eigenvalue weighted by Crippen LogP contribution is -2.54. The SMILES string of the molecule is COc1ccc(Cl)cc1N(C(=O)Nc1cccc(-c2cn3ccnc3c(OCc3ccnc(C)c3)n2)c1)N(C(=O)Nc1cccc(-c2cn3ccnc3c(NCc3ccncc3)n2)c1)c1cc(C(F)(F)F)ccc1OCCO.O=C(O)COc1ccc(C(F)(F)F)cc1NC(=O)Nc1cccc(-c2cn3ccnc3c(NCc3ccncc3)n2)c1. The quantitative estimate of drug-likeness (QED) is 0.0195. The molecular formula is C83H67ClF6N20O10. The Hall–Kier alpha value is -15.5. The Labute approximate surface area is 681 Å². The number of alkyl halides is 6. The zero-order valence-corrected chi connectivity index (χ0v) is 63.7. The van der Waals surface area contributed by atoms with Crippen LogP contribution >= 0.6 is 11.6 Å². The molecule has 0 aliphatic heterocycles. The second kappa shape index (κ2) is 36.1. The molecule has 0 radical (unpaired) electrons. The van der Waals surface area contributed by atoms with Crippen LogP contribution in [0.4, 0.5) is 86.5 Å². The Bertz CT molecular complexity index is 6240. The summed E-state index contributed by atoms with van der Waals surface area (Å²) >= 11 is 6.61. The number of aliphatic carboxylic acids is 1. The van der Waals surface area contributed by atoms with Gasteiger partial charge in [-0.05, 0) is 151 Å². The van der Waals surface area contributed by atoms with Gasteiger partial charge in [0.1, 0.15) is 41.8 Å². The predicted octanol–water partition coefficient (Wildman–Crippen LogP) is 16.7. The summed E-state index contributed by atoms with van der Waals surface area (Å²) in [6.45, 7) is 1.16. The largest absolute Gasteiger partial charge is 0.494 e. The standard InChI is InChI=1S/C55H45ClF3N13O6.C28H22F3N7O4/c1-34-25-36(15-18-61-34)33-78-52-51-63-20-22-70(51)32-44(68-52)38-6-4-8-42(27-38)66-54(75)72(46-29-40(56)10-12-47(46)76-2)71(45-28-39(55(57,58)59)9-11-48(45)77-24-23-73)53(74)65-41-7-3-5-37(26-41)43-31-69-21-19-62-50(69)49(67-43)64-30-35-13-16-60-17-14-35;29-28(30,31)19-4-5-23(42-16-24(39)40)21(13-19)37-27(41)35-20-3-1-2-18(12-20)22-15-38-11-10-33-26(38)25(36-22)34-14-17-6-8-32-9-7-17/h3-22,25-29,31-32,73H,23-24,30,33H2,1-2H3,(H,64,67)(H,65,74)(H,66,75);1-13,15H,14,16H2,(H,34,36)(H,39,40)(H2,35,37,41). The van der Waals surface area contributed by atoms with Crippen LogP contribution in [-0.2, 0) is 36.8 Å². The van der Waals surface area contributed by atoms with Gasteiger partial charge in [0.2, 0.25) is 5.65 Å². The molecule has 0 unspecified atom stereocenters. The number of hydrogen-bond donors (Lipinski definition) is 8. The lowest BCUT2D eigenvalue weighted by molar-refractivity contribution is -0.140. The Kier molecular flexibility index (Phi) is 24.4. The number of carboxylic acid groups (broad SMARTS) is 1. The van der Waals surface area contributed by atoms with E-state index in [1.165, 1.54) is 25.3 Å². The van der Waals surface area contributed by atoms with Crippen molar-refractivity contribution in [2.24, 2.45) is 0 Å². The number of rotatable bonds is 25. The molecule has 0 saturated heterocycles. The van der Waals surface area contributed by atoms with Crippen LogP contribution in [-0.4, -0.2) is 119 Å². The van der Waals surface area contributed by atoms with E-state index in [0.29, 0.717) is 98.3 Å². The van der Waals surface area contributed by atoms with Crippen molar-refractivity contribution in [3.05, 3.63) is 289 Å². The fraction of sp³-hybridized carbons (Fsp3) is 0.120. The molecule has 0 saturated carbocycles. The number of hydrazine groups is 1. The minimum atomic E-state index is -4.95. The summed E-state index contributed by atoms with van der Waals surface area (Å²) in [4.78, 5) is 94.4. The molecule has 15 rings (SSSR count). The van der Waals surface area contributed by atoms with Crippen molar-refractivity contribution in [1.82, 2.24) is 58.1 Å². The number of aromatic nitrogens is 12. The number of amides is 6. The van der Waals surface area contributed by atoms with Crippen LogP contribution in [0.5, 0.6) is 23.1 Å². The van der Waals surface area contributed by atoms with E-state index in [-0.39, 0.29) is 57.5 Å². The van der Waals surface area contributed by atoms with Crippen molar-refractivity contribution in [2.45, 2.75) is 39.0 Å². The number of pyridine rings is 3. The van der Waals surface area contributed by atoms with Gasteiger partial charge in [-0.25, -0.2) is 49.1 Å². The number of nitrogens with zero attached hydrogens (tertiary/aromatic N) is 14. The highest BCUT2D eigenvalue weighted by atomic mass is 35.5. The third-order valence-corrected chi connectivity index (χ3v) is 18.0. The molecule has 120 heavy (non-hydrogen) atoms. The van der Waals surface area contributed by atoms with Crippen LogP contribution in [0, 0.1) is 6.92 Å². The number of carbonyl (C=O) groups is 4. The van der Waals surface area contributed by atoms with Gasteiger partial charge in [0, 0.05) is 144 Å². The fourth-order valence-electron chi connectivity index (χ4n) is 12.3. The zero-order valence-electron chi connectivity index (χ0n) is 63.0. The van der Waals surface area contributed by atoms with Gasteiger partial charge in [-0.3, -0.25) is 15.0 Å². The smallest absolute Gasteiger partial charge is 0.416 e. The molecular weight excluding hydrogens is 1590 g/mol. The molecule has 0 fully saturated rings. The first-order valence-corrected chi connectivity index (χ1v) is 36.6. The number of fused-ring (bicyclic) bond motifs is 3. The van der Waals surface area contributed by atoms with E-state index in [0.717, 1.165) is 51.7 Å². The summed E-state index contributed by atoms with van der Waals surface area (Å²) < 4.78 is 112. The van der Waals surface area contributed by atoms with Crippen molar-refractivity contribution in [2.75, 3.05) is 68.8 Å². The summed E-state index contributed by atoms with van der Waals surface area (Å²) in [7, 11) is 1.30. The number of methoxy groups -OCH3 is 1. The van der Waals surface area contributed by atoms with Crippen LogP contribution in [0.2, 0.25) is 5.02 Å². The van der Waals surface area contributed by atoms with Crippen LogP contribution in [0.15, 0.2) is 251 Å². The third-order valence-electron chi connectivity index (χ3n) is 17.8. The number of aliphatic hydroxyl groups is 1. The molecule has 0 aliphatic carbocycles. The van der Waals surface area contributed by atoms with Crippen LogP contribution in [0.1, 0.15) is 33.5 Å². The highest BCUT2D eigenvalue weighted by molar-refractivity contribution is 6.31. The number of aliphatic hydroxyl groups excluding tert-OH is 1. The molecule has 9 aromatic heterocycles. The maximum Gasteiger partial charge on any atom is 0.416 e. The number of carbonyl (C=O) groups excluding carboxylic acids is 3. The minimum absolute atomic E-state index is 0.0190. The molecule has 6 aromatic carbocycles. The van der Waals surface area contributed by atoms with Gasteiger partial charge < -0.3 is 74.3 Å². The average molecular weight is 1650 g/mol. The van der Waals surface area contributed by atoms with Crippen LogP contribution in [0.25, 0.3) is 50.7 Å². The predicted molar refractivity (Wildman–Crippen MR) is 434 cm³/mol. The molecule has 15 aromatic rings. The van der Waals surface area contributed by atoms with E-state index in [1.807, 2.05) is 43.3 Å². The Morgan fingerprint density at radius 1 is 0.492 bits per heavy atom.